The Kier molecular flexibility index (Phi) is 3.97. The number of halogens is 1. The number of benzene rings is 1. The van der Waals surface area contributed by atoms with Gasteiger partial charge < -0.3 is 10.5 Å². The summed E-state index contributed by atoms with van der Waals surface area (Å²) in [6, 6.07) is 5.20. The number of methoxy groups -OCH3 is 1. The Balaban J connectivity index is 1.96. The van der Waals surface area contributed by atoms with Gasteiger partial charge in [-0.1, -0.05) is 12.1 Å². The molecule has 1 aliphatic rings. The van der Waals surface area contributed by atoms with Crippen LogP contribution in [0.3, 0.4) is 0 Å². The first-order chi connectivity index (χ1) is 8.20. The van der Waals surface area contributed by atoms with Crippen molar-refractivity contribution in [1.82, 2.24) is 4.90 Å². The van der Waals surface area contributed by atoms with E-state index in [2.05, 4.69) is 4.90 Å². The minimum Gasteiger partial charge on any atom is -0.396 e. The summed E-state index contributed by atoms with van der Waals surface area (Å²) < 4.78 is 18.9. The fraction of sp³-hybridized carbons (Fsp3) is 0.538. The third-order valence-corrected chi connectivity index (χ3v) is 3.27. The molecule has 1 unspecified atom stereocenters. The molecule has 1 aromatic carbocycles. The van der Waals surface area contributed by atoms with E-state index in [1.807, 2.05) is 0 Å². The highest BCUT2D eigenvalue weighted by molar-refractivity contribution is 5.42. The van der Waals surface area contributed by atoms with Gasteiger partial charge in [-0.15, -0.1) is 0 Å². The highest BCUT2D eigenvalue weighted by Gasteiger charge is 2.23. The first-order valence-corrected chi connectivity index (χ1v) is 5.95. The molecule has 0 amide bonds. The summed E-state index contributed by atoms with van der Waals surface area (Å²) in [4.78, 5) is 2.25. The van der Waals surface area contributed by atoms with Crippen molar-refractivity contribution in [3.8, 4) is 0 Å². The summed E-state index contributed by atoms with van der Waals surface area (Å²) in [5.74, 6) is 0.298. The molecule has 1 aromatic rings. The molecule has 17 heavy (non-hydrogen) atoms. The van der Waals surface area contributed by atoms with E-state index in [4.69, 9.17) is 10.5 Å². The Morgan fingerprint density at radius 3 is 3.12 bits per heavy atom. The predicted molar refractivity (Wildman–Crippen MR) is 66.1 cm³/mol. The lowest BCUT2D eigenvalue weighted by molar-refractivity contribution is 0.152. The number of anilines is 1. The monoisotopic (exact) mass is 238 g/mol. The highest BCUT2D eigenvalue weighted by atomic mass is 19.1. The van der Waals surface area contributed by atoms with E-state index in [9.17, 15) is 4.39 Å². The predicted octanol–water partition coefficient (Wildman–Crippen LogP) is 1.88. The fourth-order valence-corrected chi connectivity index (χ4v) is 2.39. The average molecular weight is 238 g/mol. The SMILES string of the molecule is COCC1CCN(Cc2cccc(N)c2F)C1. The Labute approximate surface area is 101 Å². The maximum absolute atomic E-state index is 13.7. The molecule has 94 valence electrons. The number of likely N-dealkylation sites (tertiary alicyclic amines) is 1. The summed E-state index contributed by atoms with van der Waals surface area (Å²) in [6.07, 6.45) is 1.12. The van der Waals surface area contributed by atoms with Gasteiger partial charge in [0.2, 0.25) is 0 Å². The smallest absolute Gasteiger partial charge is 0.150 e. The van der Waals surface area contributed by atoms with Crippen LogP contribution in [0, 0.1) is 11.7 Å². The van der Waals surface area contributed by atoms with Crippen LogP contribution in [0.1, 0.15) is 12.0 Å². The molecular weight excluding hydrogens is 219 g/mol. The van der Waals surface area contributed by atoms with E-state index in [1.54, 1.807) is 25.3 Å². The number of ether oxygens (including phenoxy) is 1. The van der Waals surface area contributed by atoms with Gasteiger partial charge in [0.15, 0.2) is 5.82 Å². The van der Waals surface area contributed by atoms with E-state index < -0.39 is 0 Å². The topological polar surface area (TPSA) is 38.5 Å². The lowest BCUT2D eigenvalue weighted by atomic mass is 10.1. The molecular formula is C13H19FN2O. The number of nitrogens with zero attached hydrogens (tertiary/aromatic N) is 1. The number of nitrogen functional groups attached to an aromatic ring is 1. The van der Waals surface area contributed by atoms with Crippen molar-refractivity contribution in [2.45, 2.75) is 13.0 Å². The maximum atomic E-state index is 13.7. The molecule has 4 heteroatoms. The molecule has 1 fully saturated rings. The summed E-state index contributed by atoms with van der Waals surface area (Å²) in [6.45, 7) is 3.40. The van der Waals surface area contributed by atoms with Crippen molar-refractivity contribution in [3.63, 3.8) is 0 Å². The molecule has 1 saturated heterocycles. The van der Waals surface area contributed by atoms with Crippen molar-refractivity contribution in [2.75, 3.05) is 32.5 Å². The lowest BCUT2D eigenvalue weighted by Crippen LogP contribution is -2.22. The molecule has 0 aliphatic carbocycles. The number of rotatable bonds is 4. The van der Waals surface area contributed by atoms with Crippen molar-refractivity contribution in [2.24, 2.45) is 5.92 Å². The normalized spacial score (nSPS) is 20.9. The summed E-state index contributed by atoms with van der Waals surface area (Å²) >= 11 is 0. The van der Waals surface area contributed by atoms with Gasteiger partial charge in [-0.2, -0.15) is 0 Å². The van der Waals surface area contributed by atoms with Crippen molar-refractivity contribution < 1.29 is 9.13 Å². The van der Waals surface area contributed by atoms with Gasteiger partial charge in [-0.3, -0.25) is 4.90 Å². The zero-order valence-electron chi connectivity index (χ0n) is 10.2. The minimum atomic E-state index is -0.275. The molecule has 1 heterocycles. The Morgan fingerprint density at radius 1 is 1.53 bits per heavy atom. The standard InChI is InChI=1S/C13H19FN2O/c1-17-9-10-5-6-16(7-10)8-11-3-2-4-12(15)13(11)14/h2-4,10H,5-9,15H2,1H3. The van der Waals surface area contributed by atoms with Gasteiger partial charge in [0.05, 0.1) is 12.3 Å². The van der Waals surface area contributed by atoms with E-state index in [-0.39, 0.29) is 11.5 Å². The minimum absolute atomic E-state index is 0.232. The van der Waals surface area contributed by atoms with Crippen LogP contribution in [0.5, 0.6) is 0 Å². The number of nitrogens with two attached hydrogens (primary N) is 1. The van der Waals surface area contributed by atoms with Crippen LogP contribution in [-0.2, 0) is 11.3 Å². The second-order valence-electron chi connectivity index (χ2n) is 4.67. The molecule has 0 radical (unpaired) electrons. The first kappa shape index (κ1) is 12.3. The van der Waals surface area contributed by atoms with Gasteiger partial charge in [-0.05, 0) is 24.9 Å². The van der Waals surface area contributed by atoms with E-state index in [0.29, 0.717) is 18.0 Å². The van der Waals surface area contributed by atoms with Crippen molar-refractivity contribution >= 4 is 5.69 Å². The van der Waals surface area contributed by atoms with Gasteiger partial charge in [0.25, 0.3) is 0 Å². The van der Waals surface area contributed by atoms with Crippen LogP contribution < -0.4 is 5.73 Å². The van der Waals surface area contributed by atoms with Gasteiger partial charge in [-0.25, -0.2) is 4.39 Å². The molecule has 0 saturated carbocycles. The largest absolute Gasteiger partial charge is 0.396 e. The van der Waals surface area contributed by atoms with Crippen LogP contribution in [0.2, 0.25) is 0 Å². The molecule has 2 rings (SSSR count). The molecule has 1 aliphatic heterocycles. The van der Waals surface area contributed by atoms with Gasteiger partial charge in [0, 0.05) is 25.8 Å². The van der Waals surface area contributed by atoms with Crippen molar-refractivity contribution in [3.05, 3.63) is 29.6 Å². The van der Waals surface area contributed by atoms with Crippen molar-refractivity contribution in [1.29, 1.82) is 0 Å². The van der Waals surface area contributed by atoms with Crippen LogP contribution in [0.4, 0.5) is 10.1 Å². The molecule has 0 aromatic heterocycles. The second kappa shape index (κ2) is 5.47. The van der Waals surface area contributed by atoms with Crippen LogP contribution in [0.25, 0.3) is 0 Å². The molecule has 3 nitrogen and oxygen atoms in total. The molecule has 0 bridgehead atoms. The number of hydrogen-bond acceptors (Lipinski definition) is 3. The van der Waals surface area contributed by atoms with Crippen LogP contribution in [-0.4, -0.2) is 31.7 Å². The first-order valence-electron chi connectivity index (χ1n) is 5.95. The molecule has 2 N–H and O–H groups in total. The van der Waals surface area contributed by atoms with E-state index in [0.717, 1.165) is 26.1 Å². The summed E-state index contributed by atoms with van der Waals surface area (Å²) in [7, 11) is 1.72. The zero-order chi connectivity index (χ0) is 12.3. The fourth-order valence-electron chi connectivity index (χ4n) is 2.39. The molecule has 1 atom stereocenters. The Morgan fingerprint density at radius 2 is 2.35 bits per heavy atom. The number of hydrogen-bond donors (Lipinski definition) is 1. The van der Waals surface area contributed by atoms with E-state index >= 15 is 0 Å². The highest BCUT2D eigenvalue weighted by Crippen LogP contribution is 2.21. The summed E-state index contributed by atoms with van der Waals surface area (Å²) in [5.41, 5.74) is 6.47. The lowest BCUT2D eigenvalue weighted by Gasteiger charge is -2.16. The van der Waals surface area contributed by atoms with Crippen LogP contribution >= 0.6 is 0 Å². The maximum Gasteiger partial charge on any atom is 0.150 e. The zero-order valence-corrected chi connectivity index (χ0v) is 10.2. The average Bonchev–Trinajstić information content (AvgIpc) is 2.73. The van der Waals surface area contributed by atoms with E-state index in [1.165, 1.54) is 0 Å². The molecule has 0 spiro atoms. The third kappa shape index (κ3) is 2.96. The van der Waals surface area contributed by atoms with Gasteiger partial charge >= 0.3 is 0 Å². The Bertz CT molecular complexity index is 384. The van der Waals surface area contributed by atoms with Gasteiger partial charge in [0.1, 0.15) is 0 Å². The second-order valence-corrected chi connectivity index (χ2v) is 4.67. The summed E-state index contributed by atoms with van der Waals surface area (Å²) in [5, 5.41) is 0. The van der Waals surface area contributed by atoms with Crippen LogP contribution in [0.15, 0.2) is 18.2 Å². The quantitative estimate of drug-likeness (QED) is 0.814. The Hall–Kier alpha value is -1.13. The third-order valence-electron chi connectivity index (χ3n) is 3.27.